The van der Waals surface area contributed by atoms with Gasteiger partial charge in [-0.2, -0.15) is 5.10 Å². The van der Waals surface area contributed by atoms with E-state index in [1.165, 1.54) is 5.56 Å². The summed E-state index contributed by atoms with van der Waals surface area (Å²) in [6, 6.07) is 9.91. The number of nitrogens with one attached hydrogen (secondary N) is 1. The van der Waals surface area contributed by atoms with Gasteiger partial charge in [0.05, 0.1) is 34.6 Å². The van der Waals surface area contributed by atoms with Crippen molar-refractivity contribution in [1.82, 2.24) is 25.2 Å². The molecule has 0 aliphatic rings. The summed E-state index contributed by atoms with van der Waals surface area (Å²) in [6.07, 6.45) is 4.33. The summed E-state index contributed by atoms with van der Waals surface area (Å²) in [7, 11) is 1.83. The lowest BCUT2D eigenvalue weighted by atomic mass is 10.0. The molecular formula is C22H23N5O2. The lowest BCUT2D eigenvalue weighted by Gasteiger charge is -2.18. The standard InChI is InChI=1S/C22H23N5O2/c1-5-18(15-8-6-13(2)7-9-15)24-21(28)17-10-19(16-11-23-27(4)12-16)25-22-20(17)14(3)26-29-22/h6-12,18H,5H2,1-4H3,(H,24,28)/t18-/m0/s1. The Bertz CT molecular complexity index is 1170. The molecule has 1 amide bonds. The van der Waals surface area contributed by atoms with E-state index >= 15 is 0 Å². The molecule has 1 atom stereocenters. The number of aromatic nitrogens is 4. The summed E-state index contributed by atoms with van der Waals surface area (Å²) < 4.78 is 7.06. The van der Waals surface area contributed by atoms with Gasteiger partial charge in [0, 0.05) is 18.8 Å². The molecule has 4 rings (SSSR count). The van der Waals surface area contributed by atoms with Crippen molar-refractivity contribution in [3.05, 3.63) is 65.1 Å². The van der Waals surface area contributed by atoms with Crippen molar-refractivity contribution in [3.63, 3.8) is 0 Å². The van der Waals surface area contributed by atoms with Crippen LogP contribution in [-0.2, 0) is 7.05 Å². The van der Waals surface area contributed by atoms with Crippen LogP contribution in [0.25, 0.3) is 22.4 Å². The maximum absolute atomic E-state index is 13.3. The van der Waals surface area contributed by atoms with Gasteiger partial charge in [0.2, 0.25) is 0 Å². The van der Waals surface area contributed by atoms with Crippen molar-refractivity contribution in [2.45, 2.75) is 33.2 Å². The maximum atomic E-state index is 13.3. The van der Waals surface area contributed by atoms with Crippen LogP contribution in [0.3, 0.4) is 0 Å². The first kappa shape index (κ1) is 18.9. The highest BCUT2D eigenvalue weighted by Crippen LogP contribution is 2.28. The highest BCUT2D eigenvalue weighted by Gasteiger charge is 2.22. The Hall–Kier alpha value is -3.48. The number of aryl methyl sites for hydroxylation is 3. The largest absolute Gasteiger partial charge is 0.345 e. The average molecular weight is 389 g/mol. The van der Waals surface area contributed by atoms with E-state index in [0.717, 1.165) is 17.5 Å². The highest BCUT2D eigenvalue weighted by atomic mass is 16.5. The lowest BCUT2D eigenvalue weighted by molar-refractivity contribution is 0.0937. The Balaban J connectivity index is 1.74. The minimum atomic E-state index is -0.179. The number of pyridine rings is 1. The Morgan fingerprint density at radius 2 is 2.00 bits per heavy atom. The fourth-order valence-electron chi connectivity index (χ4n) is 3.43. The number of hydrogen-bond donors (Lipinski definition) is 1. The molecule has 0 fully saturated rings. The fourth-order valence-corrected chi connectivity index (χ4v) is 3.43. The lowest BCUT2D eigenvalue weighted by Crippen LogP contribution is -2.28. The molecule has 7 nitrogen and oxygen atoms in total. The van der Waals surface area contributed by atoms with Gasteiger partial charge in [0.15, 0.2) is 0 Å². The molecule has 3 aromatic heterocycles. The first-order valence-corrected chi connectivity index (χ1v) is 9.59. The quantitative estimate of drug-likeness (QED) is 0.555. The van der Waals surface area contributed by atoms with Crippen LogP contribution < -0.4 is 5.32 Å². The molecule has 0 unspecified atom stereocenters. The third-order valence-corrected chi connectivity index (χ3v) is 5.06. The number of hydrogen-bond acceptors (Lipinski definition) is 5. The van der Waals surface area contributed by atoms with E-state index in [9.17, 15) is 4.79 Å². The normalized spacial score (nSPS) is 12.3. The van der Waals surface area contributed by atoms with E-state index in [1.807, 2.05) is 27.1 Å². The molecule has 0 spiro atoms. The smallest absolute Gasteiger partial charge is 0.259 e. The van der Waals surface area contributed by atoms with Gasteiger partial charge in [0.25, 0.3) is 11.6 Å². The molecule has 148 valence electrons. The van der Waals surface area contributed by atoms with Gasteiger partial charge in [-0.15, -0.1) is 0 Å². The van der Waals surface area contributed by atoms with E-state index in [2.05, 4.69) is 51.7 Å². The van der Waals surface area contributed by atoms with Crippen molar-refractivity contribution in [2.24, 2.45) is 7.05 Å². The van der Waals surface area contributed by atoms with Crippen molar-refractivity contribution < 1.29 is 9.32 Å². The molecule has 3 heterocycles. The molecular weight excluding hydrogens is 366 g/mol. The fraction of sp³-hybridized carbons (Fsp3) is 0.273. The minimum absolute atomic E-state index is 0.0895. The third-order valence-electron chi connectivity index (χ3n) is 5.06. The number of amides is 1. The summed E-state index contributed by atoms with van der Waals surface area (Å²) in [6.45, 7) is 5.91. The Morgan fingerprint density at radius 1 is 1.24 bits per heavy atom. The van der Waals surface area contributed by atoms with E-state index in [4.69, 9.17) is 4.52 Å². The third kappa shape index (κ3) is 3.63. The summed E-state index contributed by atoms with van der Waals surface area (Å²) in [5, 5.41) is 12.0. The van der Waals surface area contributed by atoms with Gasteiger partial charge in [-0.25, -0.2) is 4.98 Å². The SMILES string of the molecule is CC[C@H](NC(=O)c1cc(-c2cnn(C)c2)nc2onc(C)c12)c1ccc(C)cc1. The van der Waals surface area contributed by atoms with Crippen LogP contribution in [0.5, 0.6) is 0 Å². The Labute approximate surface area is 168 Å². The zero-order chi connectivity index (χ0) is 20.5. The topological polar surface area (TPSA) is 85.8 Å². The van der Waals surface area contributed by atoms with Crippen LogP contribution in [0.4, 0.5) is 0 Å². The van der Waals surface area contributed by atoms with Crippen molar-refractivity contribution >= 4 is 17.0 Å². The van der Waals surface area contributed by atoms with Crippen LogP contribution >= 0.6 is 0 Å². The second-order valence-corrected chi connectivity index (χ2v) is 7.25. The van der Waals surface area contributed by atoms with Crippen molar-refractivity contribution in [3.8, 4) is 11.3 Å². The van der Waals surface area contributed by atoms with Crippen LogP contribution in [-0.4, -0.2) is 25.8 Å². The molecule has 7 heteroatoms. The van der Waals surface area contributed by atoms with E-state index in [0.29, 0.717) is 28.1 Å². The van der Waals surface area contributed by atoms with Gasteiger partial charge in [-0.3, -0.25) is 9.48 Å². The van der Waals surface area contributed by atoms with Gasteiger partial charge in [-0.05, 0) is 31.9 Å². The second-order valence-electron chi connectivity index (χ2n) is 7.25. The molecule has 4 aromatic rings. The zero-order valence-electron chi connectivity index (χ0n) is 16.9. The van der Waals surface area contributed by atoms with E-state index < -0.39 is 0 Å². The predicted octanol–water partition coefficient (Wildman–Crippen LogP) is 4.12. The van der Waals surface area contributed by atoms with Gasteiger partial charge in [-0.1, -0.05) is 41.9 Å². The molecule has 29 heavy (non-hydrogen) atoms. The number of rotatable bonds is 5. The zero-order valence-corrected chi connectivity index (χ0v) is 16.9. The van der Waals surface area contributed by atoms with Crippen LogP contribution in [0.1, 0.15) is 46.6 Å². The number of nitrogens with zero attached hydrogens (tertiary/aromatic N) is 4. The van der Waals surface area contributed by atoms with Gasteiger partial charge >= 0.3 is 0 Å². The van der Waals surface area contributed by atoms with E-state index in [1.54, 1.807) is 16.9 Å². The van der Waals surface area contributed by atoms with Crippen molar-refractivity contribution in [1.29, 1.82) is 0 Å². The van der Waals surface area contributed by atoms with Gasteiger partial charge in [0.1, 0.15) is 0 Å². The number of benzene rings is 1. The molecule has 0 aliphatic carbocycles. The monoisotopic (exact) mass is 389 g/mol. The summed E-state index contributed by atoms with van der Waals surface area (Å²) in [4.78, 5) is 17.8. The number of carbonyl (C=O) groups excluding carboxylic acids is 1. The minimum Gasteiger partial charge on any atom is -0.345 e. The Kier molecular flexibility index (Phi) is 4.88. The molecule has 0 saturated heterocycles. The van der Waals surface area contributed by atoms with Crippen molar-refractivity contribution in [2.75, 3.05) is 0 Å². The average Bonchev–Trinajstić information content (AvgIpc) is 3.32. The molecule has 0 saturated carbocycles. The van der Waals surface area contributed by atoms with Gasteiger partial charge < -0.3 is 9.84 Å². The Morgan fingerprint density at radius 3 is 2.66 bits per heavy atom. The molecule has 0 bridgehead atoms. The highest BCUT2D eigenvalue weighted by molar-refractivity contribution is 6.07. The first-order valence-electron chi connectivity index (χ1n) is 9.59. The number of fused-ring (bicyclic) bond motifs is 1. The first-order chi connectivity index (χ1) is 14.0. The molecule has 1 aromatic carbocycles. The van der Waals surface area contributed by atoms with Crippen LogP contribution in [0.2, 0.25) is 0 Å². The molecule has 0 aliphatic heterocycles. The van der Waals surface area contributed by atoms with Crippen LogP contribution in [0, 0.1) is 13.8 Å². The van der Waals surface area contributed by atoms with Crippen LogP contribution in [0.15, 0.2) is 47.2 Å². The predicted molar refractivity (Wildman–Crippen MR) is 110 cm³/mol. The summed E-state index contributed by atoms with van der Waals surface area (Å²) in [5.41, 5.74) is 5.17. The second kappa shape index (κ2) is 7.50. The van der Waals surface area contributed by atoms with E-state index in [-0.39, 0.29) is 11.9 Å². The summed E-state index contributed by atoms with van der Waals surface area (Å²) in [5.74, 6) is -0.179. The maximum Gasteiger partial charge on any atom is 0.259 e. The summed E-state index contributed by atoms with van der Waals surface area (Å²) >= 11 is 0. The molecule has 0 radical (unpaired) electrons. The number of carbonyl (C=O) groups is 1. The molecule has 1 N–H and O–H groups in total.